The Hall–Kier alpha value is -0.120. The van der Waals surface area contributed by atoms with Crippen molar-refractivity contribution in [3.05, 3.63) is 0 Å². The first-order chi connectivity index (χ1) is 7.65. The fourth-order valence-electron chi connectivity index (χ4n) is 3.09. The first-order valence-corrected chi connectivity index (χ1v) is 6.81. The van der Waals surface area contributed by atoms with Gasteiger partial charge in [-0.3, -0.25) is 4.90 Å². The van der Waals surface area contributed by atoms with Crippen LogP contribution < -0.4 is 5.32 Å². The van der Waals surface area contributed by atoms with Crippen molar-refractivity contribution in [2.45, 2.75) is 38.8 Å². The molecule has 0 bridgehead atoms. The van der Waals surface area contributed by atoms with Gasteiger partial charge in [0.15, 0.2) is 0 Å². The molecule has 3 nitrogen and oxygen atoms in total. The molecule has 3 heteroatoms. The molecule has 16 heavy (non-hydrogen) atoms. The van der Waals surface area contributed by atoms with Gasteiger partial charge in [0.1, 0.15) is 0 Å². The van der Waals surface area contributed by atoms with Gasteiger partial charge in [0.25, 0.3) is 0 Å². The summed E-state index contributed by atoms with van der Waals surface area (Å²) in [4.78, 5) is 5.10. The molecule has 2 aliphatic rings. The first kappa shape index (κ1) is 12.3. The Labute approximate surface area is 100 Å². The summed E-state index contributed by atoms with van der Waals surface area (Å²) in [5.74, 6) is 0.911. The molecule has 0 aromatic carbocycles. The lowest BCUT2D eigenvalue weighted by molar-refractivity contribution is 0.0836. The molecule has 0 saturated carbocycles. The van der Waals surface area contributed by atoms with Crippen LogP contribution >= 0.6 is 0 Å². The van der Waals surface area contributed by atoms with E-state index in [1.54, 1.807) is 0 Å². The second-order valence-electron chi connectivity index (χ2n) is 5.89. The van der Waals surface area contributed by atoms with Crippen LogP contribution in [0.5, 0.6) is 0 Å². The monoisotopic (exact) mass is 225 g/mol. The van der Waals surface area contributed by atoms with E-state index in [1.807, 2.05) is 0 Å². The third-order valence-electron chi connectivity index (χ3n) is 4.18. The average Bonchev–Trinajstić information content (AvgIpc) is 2.22. The number of hydrogen-bond acceptors (Lipinski definition) is 3. The lowest BCUT2D eigenvalue weighted by atomic mass is 9.93. The summed E-state index contributed by atoms with van der Waals surface area (Å²) in [5, 5.41) is 3.67. The molecule has 0 aliphatic carbocycles. The van der Waals surface area contributed by atoms with Crippen LogP contribution in [-0.4, -0.2) is 61.7 Å². The van der Waals surface area contributed by atoms with Crippen molar-refractivity contribution in [3.63, 3.8) is 0 Å². The fourth-order valence-corrected chi connectivity index (χ4v) is 3.09. The molecule has 94 valence electrons. The normalized spacial score (nSPS) is 38.8. The summed E-state index contributed by atoms with van der Waals surface area (Å²) in [6, 6.07) is 1.45. The Bertz CT molecular complexity index is 219. The van der Waals surface area contributed by atoms with Gasteiger partial charge in [0, 0.05) is 38.3 Å². The van der Waals surface area contributed by atoms with Crippen LogP contribution in [0.25, 0.3) is 0 Å². The van der Waals surface area contributed by atoms with Gasteiger partial charge in [-0.25, -0.2) is 0 Å². The largest absolute Gasteiger partial charge is 0.313 e. The second kappa shape index (κ2) is 5.48. The highest BCUT2D eigenvalue weighted by Crippen LogP contribution is 2.17. The Morgan fingerprint density at radius 1 is 1.25 bits per heavy atom. The Balaban J connectivity index is 1.80. The van der Waals surface area contributed by atoms with Crippen molar-refractivity contribution in [2.75, 3.05) is 39.8 Å². The molecule has 0 aromatic rings. The summed E-state index contributed by atoms with van der Waals surface area (Å²) in [6.07, 6.45) is 2.72. The summed E-state index contributed by atoms with van der Waals surface area (Å²) in [7, 11) is 2.23. The lowest BCUT2D eigenvalue weighted by Gasteiger charge is -2.41. The second-order valence-corrected chi connectivity index (χ2v) is 5.89. The summed E-state index contributed by atoms with van der Waals surface area (Å²) in [6.45, 7) is 10.9. The van der Waals surface area contributed by atoms with Crippen LogP contribution in [0.4, 0.5) is 0 Å². The van der Waals surface area contributed by atoms with Gasteiger partial charge in [0.05, 0.1) is 0 Å². The van der Waals surface area contributed by atoms with E-state index >= 15 is 0 Å². The number of nitrogens with zero attached hydrogens (tertiary/aromatic N) is 2. The maximum Gasteiger partial charge on any atom is 0.0197 e. The van der Waals surface area contributed by atoms with Crippen molar-refractivity contribution in [1.29, 1.82) is 0 Å². The molecule has 0 spiro atoms. The smallest absolute Gasteiger partial charge is 0.0197 e. The molecule has 1 N–H and O–H groups in total. The number of rotatable bonds is 2. The molecule has 2 aliphatic heterocycles. The van der Waals surface area contributed by atoms with Crippen molar-refractivity contribution in [1.82, 2.24) is 15.1 Å². The Morgan fingerprint density at radius 3 is 2.75 bits per heavy atom. The molecule has 3 atom stereocenters. The number of piperidine rings is 1. The predicted octanol–water partition coefficient (Wildman–Crippen LogP) is 1.01. The minimum atomic E-state index is 0.720. The van der Waals surface area contributed by atoms with Gasteiger partial charge in [-0.05, 0) is 39.3 Å². The number of hydrogen-bond donors (Lipinski definition) is 1. The summed E-state index contributed by atoms with van der Waals surface area (Å²) >= 11 is 0. The summed E-state index contributed by atoms with van der Waals surface area (Å²) in [5.41, 5.74) is 0. The molecule has 2 saturated heterocycles. The Kier molecular flexibility index (Phi) is 4.22. The highest BCUT2D eigenvalue weighted by atomic mass is 15.3. The molecule has 0 radical (unpaired) electrons. The van der Waals surface area contributed by atoms with Crippen molar-refractivity contribution in [2.24, 2.45) is 5.92 Å². The van der Waals surface area contributed by atoms with E-state index in [2.05, 4.69) is 36.0 Å². The van der Waals surface area contributed by atoms with Crippen molar-refractivity contribution >= 4 is 0 Å². The molecule has 2 rings (SSSR count). The zero-order valence-electron chi connectivity index (χ0n) is 11.1. The van der Waals surface area contributed by atoms with E-state index in [1.165, 1.54) is 45.6 Å². The fraction of sp³-hybridized carbons (Fsp3) is 1.00. The highest BCUT2D eigenvalue weighted by molar-refractivity contribution is 4.84. The standard InChI is InChI=1S/C13H27N3/c1-11-4-5-14-13(8-11)10-16-7-6-15(3)9-12(16)2/h11-14H,4-10H2,1-3H3. The van der Waals surface area contributed by atoms with E-state index in [0.29, 0.717) is 0 Å². The van der Waals surface area contributed by atoms with Crippen LogP contribution in [0.1, 0.15) is 26.7 Å². The maximum atomic E-state index is 3.67. The van der Waals surface area contributed by atoms with E-state index in [9.17, 15) is 0 Å². The molecular formula is C13H27N3. The maximum absolute atomic E-state index is 3.67. The summed E-state index contributed by atoms with van der Waals surface area (Å²) < 4.78 is 0. The molecule has 3 unspecified atom stereocenters. The van der Waals surface area contributed by atoms with Crippen molar-refractivity contribution in [3.8, 4) is 0 Å². The SMILES string of the molecule is CC1CCNC(CN2CCN(C)CC2C)C1. The Morgan fingerprint density at radius 2 is 2.06 bits per heavy atom. The van der Waals surface area contributed by atoms with Gasteiger partial charge in [0.2, 0.25) is 0 Å². The van der Waals surface area contributed by atoms with Gasteiger partial charge in [-0.15, -0.1) is 0 Å². The zero-order valence-corrected chi connectivity index (χ0v) is 11.1. The minimum absolute atomic E-state index is 0.720. The molecule has 2 heterocycles. The van der Waals surface area contributed by atoms with Crippen LogP contribution in [0.3, 0.4) is 0 Å². The van der Waals surface area contributed by atoms with E-state index < -0.39 is 0 Å². The minimum Gasteiger partial charge on any atom is -0.313 e. The van der Waals surface area contributed by atoms with Crippen molar-refractivity contribution < 1.29 is 0 Å². The third-order valence-corrected chi connectivity index (χ3v) is 4.18. The van der Waals surface area contributed by atoms with E-state index in [4.69, 9.17) is 0 Å². The van der Waals surface area contributed by atoms with Crippen LogP contribution in [0, 0.1) is 5.92 Å². The van der Waals surface area contributed by atoms with E-state index in [-0.39, 0.29) is 0 Å². The van der Waals surface area contributed by atoms with Crippen LogP contribution in [0.2, 0.25) is 0 Å². The number of nitrogens with one attached hydrogen (secondary N) is 1. The average molecular weight is 225 g/mol. The van der Waals surface area contributed by atoms with Gasteiger partial charge in [-0.1, -0.05) is 6.92 Å². The highest BCUT2D eigenvalue weighted by Gasteiger charge is 2.26. The zero-order chi connectivity index (χ0) is 11.5. The van der Waals surface area contributed by atoms with Gasteiger partial charge >= 0.3 is 0 Å². The molecule has 0 aromatic heterocycles. The topological polar surface area (TPSA) is 18.5 Å². The number of piperazine rings is 1. The predicted molar refractivity (Wildman–Crippen MR) is 68.7 cm³/mol. The number of likely N-dealkylation sites (N-methyl/N-ethyl adjacent to an activating group) is 1. The van der Waals surface area contributed by atoms with Gasteiger partial charge in [-0.2, -0.15) is 0 Å². The van der Waals surface area contributed by atoms with Gasteiger partial charge < -0.3 is 10.2 Å². The first-order valence-electron chi connectivity index (χ1n) is 6.81. The molecule has 0 amide bonds. The van der Waals surface area contributed by atoms with Crippen LogP contribution in [-0.2, 0) is 0 Å². The molecular weight excluding hydrogens is 198 g/mol. The third kappa shape index (κ3) is 3.19. The molecule has 2 fully saturated rings. The van der Waals surface area contributed by atoms with Crippen LogP contribution in [0.15, 0.2) is 0 Å². The quantitative estimate of drug-likeness (QED) is 0.757. The van der Waals surface area contributed by atoms with E-state index in [0.717, 1.165) is 18.0 Å². The lowest BCUT2D eigenvalue weighted by Crippen LogP contribution is -2.55.